The number of nitrogens with one attached hydrogen (secondary N) is 2. The number of carbonyl (C=O) groups is 4. The number of rotatable bonds is 32. The van der Waals surface area contributed by atoms with Crippen molar-refractivity contribution < 1.29 is 34.1 Å². The normalized spacial score (nSPS) is 12.8. The molecule has 0 aliphatic heterocycles. The lowest BCUT2D eigenvalue weighted by Gasteiger charge is -2.18. The Labute approximate surface area is 279 Å². The number of allylic oxidation sites excluding steroid dienone is 4. The molecular formula is C37H66N2O7. The summed E-state index contributed by atoms with van der Waals surface area (Å²) in [5.74, 6) is -2.40. The van der Waals surface area contributed by atoms with Crippen LogP contribution in [0.25, 0.3) is 0 Å². The molecule has 0 bridgehead atoms. The summed E-state index contributed by atoms with van der Waals surface area (Å²) in [4.78, 5) is 47.1. The van der Waals surface area contributed by atoms with Crippen LogP contribution in [0.1, 0.15) is 162 Å². The van der Waals surface area contributed by atoms with E-state index in [1.165, 1.54) is 51.4 Å². The van der Waals surface area contributed by atoms with Gasteiger partial charge in [-0.1, -0.05) is 102 Å². The molecule has 2 amide bonds. The minimum atomic E-state index is -1.39. The van der Waals surface area contributed by atoms with E-state index < -0.39 is 24.5 Å². The lowest BCUT2D eigenvalue weighted by Crippen LogP contribution is -2.47. The number of unbranched alkanes of at least 4 members (excludes halogenated alkanes) is 14. The maximum atomic E-state index is 12.5. The fourth-order valence-corrected chi connectivity index (χ4v) is 5.10. The van der Waals surface area contributed by atoms with Gasteiger partial charge in [0.2, 0.25) is 11.8 Å². The molecule has 0 aliphatic rings. The number of carboxylic acids is 1. The Balaban J connectivity index is 3.97. The third-order valence-electron chi connectivity index (χ3n) is 7.95. The molecular weight excluding hydrogens is 584 g/mol. The Kier molecular flexibility index (Phi) is 30.4. The van der Waals surface area contributed by atoms with Crippen LogP contribution in [0.15, 0.2) is 24.3 Å². The van der Waals surface area contributed by atoms with Crippen molar-refractivity contribution in [1.29, 1.82) is 0 Å². The average molecular weight is 651 g/mol. The molecule has 9 heteroatoms. The van der Waals surface area contributed by atoms with E-state index in [-0.39, 0.29) is 30.9 Å². The first-order valence-electron chi connectivity index (χ1n) is 18.2. The quantitative estimate of drug-likeness (QED) is 0.0332. The third kappa shape index (κ3) is 28.8. The number of aliphatic hydroxyl groups excluding tert-OH is 1. The second-order valence-electron chi connectivity index (χ2n) is 12.3. The Morgan fingerprint density at radius 3 is 1.78 bits per heavy atom. The highest BCUT2D eigenvalue weighted by molar-refractivity contribution is 5.87. The lowest BCUT2D eigenvalue weighted by molar-refractivity contribution is -0.150. The number of amides is 2. The summed E-state index contributed by atoms with van der Waals surface area (Å²) >= 11 is 0. The topological polar surface area (TPSA) is 142 Å². The number of aliphatic carboxylic acids is 1. The van der Waals surface area contributed by atoms with Crippen LogP contribution in [0.3, 0.4) is 0 Å². The molecule has 0 aromatic carbocycles. The van der Waals surface area contributed by atoms with Crippen LogP contribution in [0.2, 0.25) is 0 Å². The smallest absolute Gasteiger partial charge is 0.328 e. The highest BCUT2D eigenvalue weighted by atomic mass is 16.5. The molecule has 0 heterocycles. The molecule has 4 N–H and O–H groups in total. The Bertz CT molecular complexity index is 844. The van der Waals surface area contributed by atoms with Crippen LogP contribution in [0.4, 0.5) is 0 Å². The SMILES string of the molecule is CCCCC/C=C\C/C=C\CCCCCCCCCC(=O)OC(CCCCC)CCCCCC(=O)NCC(=O)NC(CO)C(=O)O. The third-order valence-corrected chi connectivity index (χ3v) is 7.95. The van der Waals surface area contributed by atoms with Gasteiger partial charge in [-0.3, -0.25) is 14.4 Å². The van der Waals surface area contributed by atoms with E-state index in [0.29, 0.717) is 12.8 Å². The van der Waals surface area contributed by atoms with Gasteiger partial charge in [-0.25, -0.2) is 4.79 Å². The predicted octanol–water partition coefficient (Wildman–Crippen LogP) is 7.70. The van der Waals surface area contributed by atoms with Crippen LogP contribution in [0.5, 0.6) is 0 Å². The van der Waals surface area contributed by atoms with Crippen molar-refractivity contribution >= 4 is 23.8 Å². The van der Waals surface area contributed by atoms with Crippen LogP contribution in [-0.2, 0) is 23.9 Å². The maximum Gasteiger partial charge on any atom is 0.328 e. The van der Waals surface area contributed by atoms with Gasteiger partial charge in [0.1, 0.15) is 12.1 Å². The zero-order chi connectivity index (χ0) is 34.1. The van der Waals surface area contributed by atoms with Crippen LogP contribution >= 0.6 is 0 Å². The molecule has 0 aromatic rings. The first-order chi connectivity index (χ1) is 22.3. The molecule has 0 saturated carbocycles. The summed E-state index contributed by atoms with van der Waals surface area (Å²) in [7, 11) is 0. The van der Waals surface area contributed by atoms with Crippen LogP contribution < -0.4 is 10.6 Å². The molecule has 2 atom stereocenters. The summed E-state index contributed by atoms with van der Waals surface area (Å²) in [6.07, 6.45) is 32.4. The van der Waals surface area contributed by atoms with Gasteiger partial charge < -0.3 is 25.6 Å². The van der Waals surface area contributed by atoms with E-state index in [0.717, 1.165) is 77.0 Å². The molecule has 2 unspecified atom stereocenters. The van der Waals surface area contributed by atoms with Gasteiger partial charge in [-0.2, -0.15) is 0 Å². The highest BCUT2D eigenvalue weighted by Crippen LogP contribution is 2.17. The first-order valence-corrected chi connectivity index (χ1v) is 18.2. The summed E-state index contributed by atoms with van der Waals surface area (Å²) < 4.78 is 5.84. The number of hydrogen-bond donors (Lipinski definition) is 4. The number of aliphatic hydroxyl groups is 1. The summed E-state index contributed by atoms with van der Waals surface area (Å²) in [5, 5.41) is 22.4. The van der Waals surface area contributed by atoms with E-state index in [1.54, 1.807) is 0 Å². The summed E-state index contributed by atoms with van der Waals surface area (Å²) in [5.41, 5.74) is 0. The molecule has 0 aliphatic carbocycles. The van der Waals surface area contributed by atoms with E-state index in [1.807, 2.05) is 0 Å². The molecule has 9 nitrogen and oxygen atoms in total. The van der Waals surface area contributed by atoms with Gasteiger partial charge in [0.05, 0.1) is 13.2 Å². The Morgan fingerprint density at radius 2 is 1.17 bits per heavy atom. The number of esters is 1. The van der Waals surface area contributed by atoms with Crippen molar-refractivity contribution in [3.05, 3.63) is 24.3 Å². The predicted molar refractivity (Wildman–Crippen MR) is 185 cm³/mol. The van der Waals surface area contributed by atoms with Crippen LogP contribution in [-0.4, -0.2) is 59.3 Å². The number of ether oxygens (including phenoxy) is 1. The van der Waals surface area contributed by atoms with Crippen molar-refractivity contribution in [3.63, 3.8) is 0 Å². The second-order valence-corrected chi connectivity index (χ2v) is 12.3. The zero-order valence-corrected chi connectivity index (χ0v) is 29.1. The first kappa shape index (κ1) is 43.3. The largest absolute Gasteiger partial charge is 0.480 e. The van der Waals surface area contributed by atoms with Gasteiger partial charge >= 0.3 is 11.9 Å². The molecule has 0 fully saturated rings. The summed E-state index contributed by atoms with van der Waals surface area (Å²) in [6, 6.07) is -1.39. The zero-order valence-electron chi connectivity index (χ0n) is 29.1. The molecule has 46 heavy (non-hydrogen) atoms. The standard InChI is InChI=1S/C37H66N2O7/c1-3-5-7-8-9-10-11-12-13-14-15-16-17-18-19-20-25-29-36(43)46-32(26-22-6-4-2)27-23-21-24-28-34(41)38-30-35(42)39-33(31-40)37(44)45/h9-10,12-13,32-33,40H,3-8,11,14-31H2,1-2H3,(H,38,41)(H,39,42)(H,44,45)/b10-9-,13-12-. The average Bonchev–Trinajstić information content (AvgIpc) is 3.03. The maximum absolute atomic E-state index is 12.5. The van der Waals surface area contributed by atoms with E-state index >= 15 is 0 Å². The van der Waals surface area contributed by atoms with Crippen molar-refractivity contribution in [1.82, 2.24) is 10.6 Å². The molecule has 0 saturated heterocycles. The van der Waals surface area contributed by atoms with Gasteiger partial charge in [0, 0.05) is 12.8 Å². The monoisotopic (exact) mass is 650 g/mol. The van der Waals surface area contributed by atoms with Gasteiger partial charge in [-0.15, -0.1) is 0 Å². The van der Waals surface area contributed by atoms with Crippen molar-refractivity contribution in [2.45, 2.75) is 174 Å². The number of carboxylic acid groups (broad SMARTS) is 1. The molecule has 266 valence electrons. The van der Waals surface area contributed by atoms with E-state index in [4.69, 9.17) is 14.9 Å². The minimum Gasteiger partial charge on any atom is -0.480 e. The van der Waals surface area contributed by atoms with Crippen molar-refractivity contribution in [3.8, 4) is 0 Å². The van der Waals surface area contributed by atoms with Crippen molar-refractivity contribution in [2.75, 3.05) is 13.2 Å². The fraction of sp³-hybridized carbons (Fsp3) is 0.784. The number of hydrogen-bond acceptors (Lipinski definition) is 6. The Morgan fingerprint density at radius 1 is 0.652 bits per heavy atom. The van der Waals surface area contributed by atoms with E-state index in [2.05, 4.69) is 48.8 Å². The second kappa shape index (κ2) is 32.3. The lowest BCUT2D eigenvalue weighted by atomic mass is 10.0. The van der Waals surface area contributed by atoms with Gasteiger partial charge in [0.25, 0.3) is 0 Å². The molecule has 0 spiro atoms. The molecule has 0 rings (SSSR count). The van der Waals surface area contributed by atoms with E-state index in [9.17, 15) is 19.2 Å². The molecule has 0 aromatic heterocycles. The van der Waals surface area contributed by atoms with Crippen LogP contribution in [0, 0.1) is 0 Å². The fourth-order valence-electron chi connectivity index (χ4n) is 5.10. The van der Waals surface area contributed by atoms with Crippen molar-refractivity contribution in [2.24, 2.45) is 0 Å². The molecule has 0 radical (unpaired) electrons. The van der Waals surface area contributed by atoms with Gasteiger partial charge in [0.15, 0.2) is 0 Å². The van der Waals surface area contributed by atoms with Gasteiger partial charge in [-0.05, 0) is 70.6 Å². The summed E-state index contributed by atoms with van der Waals surface area (Å²) in [6.45, 7) is 3.33. The minimum absolute atomic E-state index is 0.0823. The highest BCUT2D eigenvalue weighted by Gasteiger charge is 2.19. The number of carbonyl (C=O) groups excluding carboxylic acids is 3. The Hall–Kier alpha value is -2.68.